The zero-order valence-electron chi connectivity index (χ0n) is 25.3. The van der Waals surface area contributed by atoms with Crippen LogP contribution >= 0.6 is 23.2 Å². The van der Waals surface area contributed by atoms with Crippen LogP contribution in [0.1, 0.15) is 49.8 Å². The zero-order chi connectivity index (χ0) is 33.0. The number of nitrogens with zero attached hydrogens (tertiary/aromatic N) is 4. The number of hydrogen-bond acceptors (Lipinski definition) is 7. The number of rotatable bonds is 9. The van der Waals surface area contributed by atoms with Gasteiger partial charge >= 0.3 is 0 Å². The number of sulfonamides is 1. The fraction of sp³-hybridized carbons (Fsp3) is 0.419. The molecule has 15 heteroatoms. The molecule has 2 aromatic carbocycles. The van der Waals surface area contributed by atoms with E-state index < -0.39 is 15.8 Å². The van der Waals surface area contributed by atoms with Crippen LogP contribution in [0, 0.1) is 24.6 Å². The van der Waals surface area contributed by atoms with Crippen molar-refractivity contribution in [2.45, 2.75) is 62.8 Å². The van der Waals surface area contributed by atoms with Crippen LogP contribution in [-0.4, -0.2) is 53.7 Å². The van der Waals surface area contributed by atoms with Crippen molar-refractivity contribution >= 4 is 62.4 Å². The summed E-state index contributed by atoms with van der Waals surface area (Å²) >= 11 is 12.3. The maximum atomic E-state index is 13.7. The monoisotopic (exact) mass is 690 g/mol. The molecule has 11 nitrogen and oxygen atoms in total. The molecule has 0 unspecified atom stereocenters. The van der Waals surface area contributed by atoms with Gasteiger partial charge in [0.05, 0.1) is 32.5 Å². The number of nitrogens with two attached hydrogens (primary N) is 2. The molecule has 1 aliphatic carbocycles. The molecule has 0 bridgehead atoms. The molecule has 0 radical (unpaired) electrons. The van der Waals surface area contributed by atoms with Gasteiger partial charge < -0.3 is 22.1 Å². The van der Waals surface area contributed by atoms with Gasteiger partial charge in [-0.15, -0.1) is 0 Å². The van der Waals surface area contributed by atoms with E-state index in [1.54, 1.807) is 30.5 Å². The molecule has 1 aliphatic heterocycles. The van der Waals surface area contributed by atoms with Crippen LogP contribution in [0.5, 0.6) is 0 Å². The lowest BCUT2D eigenvalue weighted by Gasteiger charge is -2.32. The first kappa shape index (κ1) is 33.8. The van der Waals surface area contributed by atoms with Crippen LogP contribution in [-0.2, 0) is 21.2 Å². The Balaban J connectivity index is 1.36. The molecular formula is C31H37Cl2FN8O3S. The SMILES string of the molecule is Cc1ccc(S(=O)(=O)N2CCC[C@@H](Nc3ncc(NC(N)=Nc4c(Cl)cc(F)cc4Cl)c(CC4CCC(C(N)=O)CC4)n3)C2)cc1. The van der Waals surface area contributed by atoms with Crippen LogP contribution in [0.2, 0.25) is 10.0 Å². The third-order valence-electron chi connectivity index (χ3n) is 8.45. The summed E-state index contributed by atoms with van der Waals surface area (Å²) in [6.45, 7) is 2.61. The lowest BCUT2D eigenvalue weighted by Crippen LogP contribution is -2.45. The Morgan fingerprint density at radius 1 is 1.09 bits per heavy atom. The second-order valence-corrected chi connectivity index (χ2v) is 14.6. The standard InChI is InChI=1S/C31H37Cl2FN8O3S/c1-18-4-10-23(11-5-18)46(44,45)42-12-2-3-22(17-42)38-31-37-16-27(26(40-31)13-19-6-8-20(9-7-19)29(35)43)39-30(36)41-28-24(32)14-21(34)15-25(28)33/h4-5,10-11,14-16,19-20,22H,2-3,6-9,12-13,17H2,1H3,(H2,35,43)(H3,36,39,41)(H,37,38,40)/t19?,20?,22-/m1/s1. The predicted octanol–water partition coefficient (Wildman–Crippen LogP) is 5.39. The van der Waals surface area contributed by atoms with Crippen molar-refractivity contribution in [3.63, 3.8) is 0 Å². The summed E-state index contributed by atoms with van der Waals surface area (Å²) in [4.78, 5) is 25.5. The molecule has 1 amide bonds. The lowest BCUT2D eigenvalue weighted by molar-refractivity contribution is -0.122. The molecule has 1 aromatic heterocycles. The van der Waals surface area contributed by atoms with Gasteiger partial charge in [0.15, 0.2) is 5.96 Å². The minimum absolute atomic E-state index is 0.00269. The number of hydrogen-bond donors (Lipinski definition) is 4. The molecule has 2 aliphatic rings. The summed E-state index contributed by atoms with van der Waals surface area (Å²) in [5.41, 5.74) is 14.0. The molecule has 2 heterocycles. The molecule has 2 fully saturated rings. The summed E-state index contributed by atoms with van der Waals surface area (Å²) in [5, 5.41) is 6.37. The van der Waals surface area contributed by atoms with Gasteiger partial charge in [-0.1, -0.05) is 40.9 Å². The molecule has 246 valence electrons. The van der Waals surface area contributed by atoms with Gasteiger partial charge in [-0.25, -0.2) is 27.8 Å². The average Bonchev–Trinajstić information content (AvgIpc) is 3.01. The largest absolute Gasteiger partial charge is 0.369 e. The normalized spacial score (nSPS) is 21.1. The molecular weight excluding hydrogens is 654 g/mol. The van der Waals surface area contributed by atoms with E-state index in [9.17, 15) is 17.6 Å². The first-order chi connectivity index (χ1) is 21.9. The van der Waals surface area contributed by atoms with Crippen molar-refractivity contribution in [1.82, 2.24) is 14.3 Å². The minimum Gasteiger partial charge on any atom is -0.369 e. The smallest absolute Gasteiger partial charge is 0.243 e. The summed E-state index contributed by atoms with van der Waals surface area (Å²) in [6, 6.07) is 8.82. The molecule has 1 atom stereocenters. The Morgan fingerprint density at radius 3 is 2.41 bits per heavy atom. The fourth-order valence-electron chi connectivity index (χ4n) is 5.92. The number of piperidine rings is 1. The minimum atomic E-state index is -3.65. The topological polar surface area (TPSA) is 169 Å². The van der Waals surface area contributed by atoms with E-state index in [1.165, 1.54) is 4.31 Å². The van der Waals surface area contributed by atoms with Gasteiger partial charge in [-0.3, -0.25) is 4.79 Å². The van der Waals surface area contributed by atoms with Gasteiger partial charge in [0.2, 0.25) is 21.9 Å². The number of halogens is 3. The summed E-state index contributed by atoms with van der Waals surface area (Å²) < 4.78 is 41.9. The van der Waals surface area contributed by atoms with Crippen LogP contribution in [0.4, 0.5) is 21.7 Å². The third kappa shape index (κ3) is 8.24. The number of aromatic nitrogens is 2. The predicted molar refractivity (Wildman–Crippen MR) is 178 cm³/mol. The highest BCUT2D eigenvalue weighted by Crippen LogP contribution is 2.35. The summed E-state index contributed by atoms with van der Waals surface area (Å²) in [5.74, 6) is -0.465. The number of benzene rings is 2. The van der Waals surface area contributed by atoms with Gasteiger partial charge in [0.1, 0.15) is 11.5 Å². The van der Waals surface area contributed by atoms with E-state index in [0.717, 1.165) is 37.0 Å². The number of guanidine groups is 1. The van der Waals surface area contributed by atoms with Crippen molar-refractivity contribution in [1.29, 1.82) is 0 Å². The maximum absolute atomic E-state index is 13.7. The van der Waals surface area contributed by atoms with Crippen LogP contribution in [0.3, 0.4) is 0 Å². The number of amides is 1. The van der Waals surface area contributed by atoms with Crippen LogP contribution in [0.15, 0.2) is 52.5 Å². The van der Waals surface area contributed by atoms with Crippen molar-refractivity contribution < 1.29 is 17.6 Å². The highest BCUT2D eigenvalue weighted by atomic mass is 35.5. The van der Waals surface area contributed by atoms with E-state index in [2.05, 4.69) is 20.6 Å². The van der Waals surface area contributed by atoms with Crippen LogP contribution in [0.25, 0.3) is 0 Å². The first-order valence-electron chi connectivity index (χ1n) is 15.1. The van der Waals surface area contributed by atoms with Crippen molar-refractivity contribution in [3.8, 4) is 0 Å². The van der Waals surface area contributed by atoms with Gasteiger partial charge in [0, 0.05) is 25.0 Å². The van der Waals surface area contributed by atoms with Gasteiger partial charge in [-0.2, -0.15) is 4.31 Å². The lowest BCUT2D eigenvalue weighted by atomic mass is 9.79. The number of carbonyl (C=O) groups is 1. The van der Waals surface area contributed by atoms with E-state index >= 15 is 0 Å². The number of primary amides is 1. The second kappa shape index (κ2) is 14.5. The van der Waals surface area contributed by atoms with Crippen molar-refractivity contribution in [2.24, 2.45) is 28.3 Å². The Morgan fingerprint density at radius 2 is 1.76 bits per heavy atom. The highest BCUT2D eigenvalue weighted by molar-refractivity contribution is 7.89. The number of anilines is 2. The highest BCUT2D eigenvalue weighted by Gasteiger charge is 2.31. The zero-order valence-corrected chi connectivity index (χ0v) is 27.7. The van der Waals surface area contributed by atoms with E-state index in [0.29, 0.717) is 49.6 Å². The van der Waals surface area contributed by atoms with Gasteiger partial charge in [-0.05, 0) is 82.1 Å². The molecule has 5 rings (SSSR count). The molecule has 0 spiro atoms. The first-order valence-corrected chi connectivity index (χ1v) is 17.3. The Bertz CT molecular complexity index is 1690. The number of aliphatic imine (C=N–C) groups is 1. The summed E-state index contributed by atoms with van der Waals surface area (Å²) in [6.07, 6.45) is 6.59. The third-order valence-corrected chi connectivity index (χ3v) is 10.9. The van der Waals surface area contributed by atoms with Gasteiger partial charge in [0.25, 0.3) is 0 Å². The summed E-state index contributed by atoms with van der Waals surface area (Å²) in [7, 11) is -3.65. The number of nitrogens with one attached hydrogen (secondary N) is 2. The number of carbonyl (C=O) groups excluding carboxylic acids is 1. The maximum Gasteiger partial charge on any atom is 0.243 e. The molecule has 3 aromatic rings. The Hall–Kier alpha value is -3.52. The second-order valence-electron chi connectivity index (χ2n) is 11.9. The average molecular weight is 692 g/mol. The Labute approximate surface area is 278 Å². The molecule has 6 N–H and O–H groups in total. The van der Waals surface area contributed by atoms with Crippen molar-refractivity contribution in [3.05, 3.63) is 69.7 Å². The molecule has 1 saturated carbocycles. The molecule has 46 heavy (non-hydrogen) atoms. The van der Waals surface area contributed by atoms with E-state index in [1.807, 2.05) is 6.92 Å². The van der Waals surface area contributed by atoms with Crippen molar-refractivity contribution in [2.75, 3.05) is 23.7 Å². The van der Waals surface area contributed by atoms with E-state index in [4.69, 9.17) is 39.7 Å². The number of aryl methyl sites for hydroxylation is 1. The quantitative estimate of drug-likeness (QED) is 0.171. The Kier molecular flexibility index (Phi) is 10.7. The van der Waals surface area contributed by atoms with Crippen LogP contribution < -0.4 is 22.1 Å². The molecule has 1 saturated heterocycles. The fourth-order valence-corrected chi connectivity index (χ4v) is 7.99. The van der Waals surface area contributed by atoms with E-state index in [-0.39, 0.29) is 56.9 Å².